The number of phenols is 1. The quantitative estimate of drug-likeness (QED) is 0.265. The van der Waals surface area contributed by atoms with Crippen LogP contribution in [-0.2, 0) is 9.59 Å². The molecule has 1 heterocycles. The number of carbonyl (C=O) groups is 2. The van der Waals surface area contributed by atoms with Crippen LogP contribution in [-0.4, -0.2) is 79.2 Å². The number of nitrogens with zero attached hydrogens (tertiary/aromatic N) is 2. The predicted octanol–water partition coefficient (Wildman–Crippen LogP) is 3.88. The van der Waals surface area contributed by atoms with E-state index in [2.05, 4.69) is 18.7 Å². The minimum Gasteiger partial charge on any atom is -0.507 e. The van der Waals surface area contributed by atoms with Crippen molar-refractivity contribution < 1.29 is 34.0 Å². The van der Waals surface area contributed by atoms with E-state index in [-0.39, 0.29) is 16.9 Å². The van der Waals surface area contributed by atoms with Gasteiger partial charge in [-0.25, -0.2) is 0 Å². The van der Waals surface area contributed by atoms with Gasteiger partial charge in [0.1, 0.15) is 11.5 Å². The van der Waals surface area contributed by atoms with Gasteiger partial charge in [0.25, 0.3) is 11.7 Å². The van der Waals surface area contributed by atoms with Crippen molar-refractivity contribution in [3.63, 3.8) is 0 Å². The molecule has 1 amide bonds. The number of amides is 1. The number of hydrogen-bond acceptors (Lipinski definition) is 8. The van der Waals surface area contributed by atoms with E-state index in [0.29, 0.717) is 35.8 Å². The maximum atomic E-state index is 13.4. The van der Waals surface area contributed by atoms with Crippen LogP contribution in [0.2, 0.25) is 0 Å². The van der Waals surface area contributed by atoms with Gasteiger partial charge in [0.05, 0.1) is 38.5 Å². The van der Waals surface area contributed by atoms with Crippen LogP contribution in [0.25, 0.3) is 5.76 Å². The van der Waals surface area contributed by atoms with E-state index in [1.54, 1.807) is 31.2 Å². The monoisotopic (exact) mass is 512 g/mol. The van der Waals surface area contributed by atoms with Crippen molar-refractivity contribution in [1.82, 2.24) is 9.80 Å². The Balaban J connectivity index is 2.21. The Hall–Kier alpha value is -3.72. The van der Waals surface area contributed by atoms with Crippen molar-refractivity contribution in [2.24, 2.45) is 0 Å². The third-order valence-electron chi connectivity index (χ3n) is 6.72. The minimum absolute atomic E-state index is 0.0820. The number of carbonyl (C=O) groups excluding carboxylic acids is 2. The largest absolute Gasteiger partial charge is 0.507 e. The summed E-state index contributed by atoms with van der Waals surface area (Å²) >= 11 is 0. The number of hydrogen-bond donors (Lipinski definition) is 2. The Morgan fingerprint density at radius 3 is 2.16 bits per heavy atom. The van der Waals surface area contributed by atoms with E-state index in [1.807, 2.05) is 0 Å². The number of Topliss-reactive ketones (excluding diaryl/α,β-unsaturated/α-hetero) is 1. The Bertz CT molecular complexity index is 1160. The maximum Gasteiger partial charge on any atom is 0.295 e. The summed E-state index contributed by atoms with van der Waals surface area (Å²) < 4.78 is 16.4. The maximum absolute atomic E-state index is 13.4. The Morgan fingerprint density at radius 1 is 1.00 bits per heavy atom. The number of rotatable bonds is 11. The number of methoxy groups -OCH3 is 3. The number of aryl methyl sites for hydroxylation is 1. The average molecular weight is 513 g/mol. The summed E-state index contributed by atoms with van der Waals surface area (Å²) in [5.74, 6) is -1.10. The molecule has 1 atom stereocenters. The SMILES string of the molecule is CCN(CC)CCCN1C(=O)C(=O)C(=C(O)c2cc(C)ccc2O)C1c1cc(OC)c(OC)c(OC)c1. The molecule has 2 N–H and O–H groups in total. The van der Waals surface area contributed by atoms with Gasteiger partial charge in [-0.1, -0.05) is 25.5 Å². The van der Waals surface area contributed by atoms with E-state index in [4.69, 9.17) is 14.2 Å². The van der Waals surface area contributed by atoms with Gasteiger partial charge in [-0.15, -0.1) is 0 Å². The number of aliphatic hydroxyl groups excluding tert-OH is 1. The van der Waals surface area contributed by atoms with Crippen molar-refractivity contribution in [3.05, 3.63) is 52.6 Å². The number of phenolic OH excluding ortho intramolecular Hbond substituents is 1. The molecule has 2 aromatic rings. The first-order valence-corrected chi connectivity index (χ1v) is 12.3. The second-order valence-electron chi connectivity index (χ2n) is 8.85. The predicted molar refractivity (Wildman–Crippen MR) is 140 cm³/mol. The molecule has 1 aliphatic heterocycles. The van der Waals surface area contributed by atoms with E-state index in [0.717, 1.165) is 25.2 Å². The number of ether oxygens (including phenoxy) is 3. The lowest BCUT2D eigenvalue weighted by Crippen LogP contribution is -2.33. The summed E-state index contributed by atoms with van der Waals surface area (Å²) in [7, 11) is 4.44. The molecule has 0 aromatic heterocycles. The zero-order valence-electron chi connectivity index (χ0n) is 22.3. The molecule has 200 valence electrons. The summed E-state index contributed by atoms with van der Waals surface area (Å²) in [5.41, 5.74) is 1.25. The van der Waals surface area contributed by atoms with Gasteiger partial charge in [-0.3, -0.25) is 9.59 Å². The summed E-state index contributed by atoms with van der Waals surface area (Å²) in [5, 5.41) is 21.8. The van der Waals surface area contributed by atoms with Gasteiger partial charge in [0.15, 0.2) is 11.5 Å². The van der Waals surface area contributed by atoms with Crippen LogP contribution in [0.3, 0.4) is 0 Å². The van der Waals surface area contributed by atoms with Crippen LogP contribution in [0.15, 0.2) is 35.9 Å². The minimum atomic E-state index is -0.926. The molecule has 37 heavy (non-hydrogen) atoms. The molecule has 9 heteroatoms. The smallest absolute Gasteiger partial charge is 0.295 e. The molecule has 1 unspecified atom stereocenters. The van der Waals surface area contributed by atoms with Crippen LogP contribution in [0, 0.1) is 6.92 Å². The molecule has 0 aliphatic carbocycles. The van der Waals surface area contributed by atoms with Crippen molar-refractivity contribution >= 4 is 17.4 Å². The van der Waals surface area contributed by atoms with E-state index in [9.17, 15) is 19.8 Å². The second-order valence-corrected chi connectivity index (χ2v) is 8.85. The third kappa shape index (κ3) is 5.51. The lowest BCUT2D eigenvalue weighted by atomic mass is 9.94. The molecule has 1 aliphatic rings. The first-order chi connectivity index (χ1) is 17.7. The molecule has 1 saturated heterocycles. The first kappa shape index (κ1) is 27.9. The molecule has 3 rings (SSSR count). The fraction of sp³-hybridized carbons (Fsp3) is 0.429. The van der Waals surface area contributed by atoms with E-state index in [1.165, 1.54) is 32.3 Å². The average Bonchev–Trinajstić information content (AvgIpc) is 3.16. The molecule has 0 spiro atoms. The van der Waals surface area contributed by atoms with Gasteiger partial charge < -0.3 is 34.2 Å². The molecule has 2 aromatic carbocycles. The summed E-state index contributed by atoms with van der Waals surface area (Å²) in [6.45, 7) is 8.73. The molecular formula is C28H36N2O7. The van der Waals surface area contributed by atoms with Crippen LogP contribution >= 0.6 is 0 Å². The van der Waals surface area contributed by atoms with Gasteiger partial charge >= 0.3 is 0 Å². The third-order valence-corrected chi connectivity index (χ3v) is 6.72. The lowest BCUT2D eigenvalue weighted by Gasteiger charge is -2.27. The van der Waals surface area contributed by atoms with Crippen molar-refractivity contribution in [2.45, 2.75) is 33.2 Å². The Labute approximate surface area is 217 Å². The number of aromatic hydroxyl groups is 1. The number of benzene rings is 2. The highest BCUT2D eigenvalue weighted by atomic mass is 16.5. The molecule has 0 radical (unpaired) electrons. The van der Waals surface area contributed by atoms with Crippen LogP contribution in [0.4, 0.5) is 0 Å². The second kappa shape index (κ2) is 12.0. The molecule has 1 fully saturated rings. The van der Waals surface area contributed by atoms with E-state index >= 15 is 0 Å². The van der Waals surface area contributed by atoms with Crippen molar-refractivity contribution in [3.8, 4) is 23.0 Å². The van der Waals surface area contributed by atoms with Crippen molar-refractivity contribution in [2.75, 3.05) is 47.5 Å². The fourth-order valence-corrected chi connectivity index (χ4v) is 4.71. The standard InChI is InChI=1S/C28H36N2O7/c1-7-29(8-2)12-9-13-30-24(18-15-21(35-4)27(37-6)22(16-18)36-5)23(26(33)28(30)34)25(32)19-14-17(3)10-11-20(19)31/h10-11,14-16,24,31-32H,7-9,12-13H2,1-6H3. The zero-order chi connectivity index (χ0) is 27.3. The Morgan fingerprint density at radius 2 is 1.62 bits per heavy atom. The molecular weight excluding hydrogens is 476 g/mol. The van der Waals surface area contributed by atoms with Gasteiger partial charge in [-0.05, 0) is 62.8 Å². The number of ketones is 1. The summed E-state index contributed by atoms with van der Waals surface area (Å²) in [6.07, 6.45) is 0.630. The first-order valence-electron chi connectivity index (χ1n) is 12.3. The zero-order valence-corrected chi connectivity index (χ0v) is 22.3. The topological polar surface area (TPSA) is 109 Å². The summed E-state index contributed by atoms with van der Waals surface area (Å²) in [6, 6.07) is 7.11. The number of aliphatic hydroxyl groups is 1. The van der Waals surface area contributed by atoms with Crippen LogP contribution < -0.4 is 14.2 Å². The highest BCUT2D eigenvalue weighted by molar-refractivity contribution is 6.46. The van der Waals surface area contributed by atoms with Crippen molar-refractivity contribution in [1.29, 1.82) is 0 Å². The van der Waals surface area contributed by atoms with Gasteiger partial charge in [0.2, 0.25) is 5.75 Å². The van der Waals surface area contributed by atoms with E-state index < -0.39 is 23.5 Å². The molecule has 0 saturated carbocycles. The van der Waals surface area contributed by atoms with Crippen LogP contribution in [0.1, 0.15) is 43.0 Å². The normalized spacial score (nSPS) is 16.9. The lowest BCUT2D eigenvalue weighted by molar-refractivity contribution is -0.140. The van der Waals surface area contributed by atoms with Crippen LogP contribution in [0.5, 0.6) is 23.0 Å². The van der Waals surface area contributed by atoms with Gasteiger partial charge in [0, 0.05) is 6.54 Å². The van der Waals surface area contributed by atoms with Gasteiger partial charge in [-0.2, -0.15) is 0 Å². The highest BCUT2D eigenvalue weighted by Crippen LogP contribution is 2.46. The summed E-state index contributed by atoms with van der Waals surface area (Å²) in [4.78, 5) is 30.4. The number of likely N-dealkylation sites (tertiary alicyclic amines) is 1. The molecule has 0 bridgehead atoms. The Kier molecular flexibility index (Phi) is 9.04. The molecule has 9 nitrogen and oxygen atoms in total. The fourth-order valence-electron chi connectivity index (χ4n) is 4.71. The highest BCUT2D eigenvalue weighted by Gasteiger charge is 2.46.